The van der Waals surface area contributed by atoms with Crippen LogP contribution in [0.1, 0.15) is 47.3 Å². The van der Waals surface area contributed by atoms with E-state index in [4.69, 9.17) is 0 Å². The van der Waals surface area contributed by atoms with Gasteiger partial charge in [-0.2, -0.15) is 0 Å². The summed E-state index contributed by atoms with van der Waals surface area (Å²) in [6.45, 7) is 6.88. The Morgan fingerprint density at radius 2 is 1.81 bits per heavy atom. The highest BCUT2D eigenvalue weighted by atomic mass is 19.1. The van der Waals surface area contributed by atoms with Crippen molar-refractivity contribution in [3.8, 4) is 0 Å². The normalized spacial score (nSPS) is 17.0. The molecule has 0 bridgehead atoms. The summed E-state index contributed by atoms with van der Waals surface area (Å²) in [5.41, 5.74) is 2.51. The first-order valence-corrected chi connectivity index (χ1v) is 9.38. The molecule has 0 aliphatic carbocycles. The Hall–Kier alpha value is -2.20. The Kier molecular flexibility index (Phi) is 6.04. The number of nitrogens with one attached hydrogen (secondary N) is 1. The first-order chi connectivity index (χ1) is 12.5. The Bertz CT molecular complexity index is 736. The lowest BCUT2D eigenvalue weighted by atomic mass is 9.95. The second-order valence-electron chi connectivity index (χ2n) is 7.33. The quantitative estimate of drug-likeness (QED) is 0.866. The van der Waals surface area contributed by atoms with Gasteiger partial charge in [-0.15, -0.1) is 0 Å². The second kappa shape index (κ2) is 8.45. The van der Waals surface area contributed by atoms with Gasteiger partial charge in [0.25, 0.3) is 5.91 Å². The van der Waals surface area contributed by atoms with Gasteiger partial charge < -0.3 is 5.32 Å². The molecule has 0 radical (unpaired) electrons. The third-order valence-corrected chi connectivity index (χ3v) is 5.30. The minimum atomic E-state index is -0.483. The van der Waals surface area contributed by atoms with Gasteiger partial charge in [0.05, 0.1) is 11.6 Å². The van der Waals surface area contributed by atoms with Crippen molar-refractivity contribution in [3.05, 3.63) is 71.0 Å². The lowest BCUT2D eigenvalue weighted by molar-refractivity contribution is 0.0909. The van der Waals surface area contributed by atoms with Crippen molar-refractivity contribution in [2.45, 2.75) is 32.7 Å². The predicted molar refractivity (Wildman–Crippen MR) is 103 cm³/mol. The van der Waals surface area contributed by atoms with Gasteiger partial charge >= 0.3 is 0 Å². The largest absolute Gasteiger partial charge is 0.350 e. The number of carbonyl (C=O) groups excluding carboxylic acids is 1. The van der Waals surface area contributed by atoms with Gasteiger partial charge in [-0.25, -0.2) is 4.39 Å². The average Bonchev–Trinajstić information content (AvgIpc) is 2.65. The van der Waals surface area contributed by atoms with Gasteiger partial charge in [0, 0.05) is 6.54 Å². The number of piperidine rings is 1. The maximum Gasteiger partial charge on any atom is 0.254 e. The molecule has 1 saturated heterocycles. The number of rotatable bonds is 5. The molecule has 1 atom stereocenters. The molecule has 26 heavy (non-hydrogen) atoms. The fourth-order valence-electron chi connectivity index (χ4n) is 3.52. The van der Waals surface area contributed by atoms with Crippen LogP contribution in [0.4, 0.5) is 4.39 Å². The Labute approximate surface area is 155 Å². The van der Waals surface area contributed by atoms with E-state index in [9.17, 15) is 9.18 Å². The van der Waals surface area contributed by atoms with E-state index in [-0.39, 0.29) is 17.5 Å². The first kappa shape index (κ1) is 18.6. The third-order valence-electron chi connectivity index (χ3n) is 5.30. The zero-order chi connectivity index (χ0) is 18.5. The number of benzene rings is 2. The lowest BCUT2D eigenvalue weighted by Gasteiger charge is -2.37. The van der Waals surface area contributed by atoms with Crippen molar-refractivity contribution in [2.24, 2.45) is 5.92 Å². The summed E-state index contributed by atoms with van der Waals surface area (Å²) in [5, 5.41) is 2.94. The monoisotopic (exact) mass is 354 g/mol. The van der Waals surface area contributed by atoms with Gasteiger partial charge in [0.15, 0.2) is 0 Å². The molecule has 1 aliphatic heterocycles. The molecular formula is C22H27FN2O. The molecule has 2 aromatic carbocycles. The van der Waals surface area contributed by atoms with Crippen molar-refractivity contribution < 1.29 is 9.18 Å². The van der Waals surface area contributed by atoms with E-state index in [2.05, 4.69) is 48.3 Å². The molecule has 0 aromatic heterocycles. The Balaban J connectivity index is 1.74. The summed E-state index contributed by atoms with van der Waals surface area (Å²) in [6.07, 6.45) is 2.34. The number of nitrogens with zero attached hydrogens (tertiary/aromatic N) is 1. The summed E-state index contributed by atoms with van der Waals surface area (Å²) in [4.78, 5) is 14.9. The van der Waals surface area contributed by atoms with E-state index in [0.717, 1.165) is 19.0 Å². The van der Waals surface area contributed by atoms with Crippen LogP contribution in [0.25, 0.3) is 0 Å². The fourth-order valence-corrected chi connectivity index (χ4v) is 3.52. The smallest absolute Gasteiger partial charge is 0.254 e. The van der Waals surface area contributed by atoms with Gasteiger partial charge in [-0.1, -0.05) is 48.9 Å². The SMILES string of the molecule is Cc1ccc(C(CNC(=O)c2ccccc2F)N2CCC(C)CC2)cc1. The molecule has 1 amide bonds. The minimum absolute atomic E-state index is 0.0995. The van der Waals surface area contributed by atoms with Crippen LogP contribution in [0.15, 0.2) is 48.5 Å². The second-order valence-corrected chi connectivity index (χ2v) is 7.33. The van der Waals surface area contributed by atoms with E-state index in [1.807, 2.05) is 0 Å². The Morgan fingerprint density at radius 1 is 1.15 bits per heavy atom. The summed E-state index contributed by atoms with van der Waals surface area (Å²) < 4.78 is 13.9. The van der Waals surface area contributed by atoms with E-state index in [1.54, 1.807) is 12.1 Å². The van der Waals surface area contributed by atoms with Gasteiger partial charge in [0.1, 0.15) is 5.82 Å². The van der Waals surface area contributed by atoms with Crippen LogP contribution >= 0.6 is 0 Å². The van der Waals surface area contributed by atoms with Crippen molar-refractivity contribution >= 4 is 5.91 Å². The van der Waals surface area contributed by atoms with Crippen LogP contribution in [0, 0.1) is 18.7 Å². The van der Waals surface area contributed by atoms with E-state index < -0.39 is 5.82 Å². The molecule has 2 aromatic rings. The molecule has 3 nitrogen and oxygen atoms in total. The number of halogens is 1. The zero-order valence-corrected chi connectivity index (χ0v) is 15.5. The van der Waals surface area contributed by atoms with Crippen molar-refractivity contribution in [2.75, 3.05) is 19.6 Å². The highest BCUT2D eigenvalue weighted by Crippen LogP contribution is 2.26. The Morgan fingerprint density at radius 3 is 2.46 bits per heavy atom. The molecule has 0 saturated carbocycles. The summed E-state index contributed by atoms with van der Waals surface area (Å²) >= 11 is 0. The number of likely N-dealkylation sites (tertiary alicyclic amines) is 1. The molecular weight excluding hydrogens is 327 g/mol. The van der Waals surface area contributed by atoms with Gasteiger partial charge in [-0.3, -0.25) is 9.69 Å². The van der Waals surface area contributed by atoms with Crippen molar-refractivity contribution in [1.82, 2.24) is 10.2 Å². The first-order valence-electron chi connectivity index (χ1n) is 9.38. The number of aryl methyl sites for hydroxylation is 1. The molecule has 1 aliphatic rings. The maximum atomic E-state index is 13.9. The molecule has 1 N–H and O–H groups in total. The van der Waals surface area contributed by atoms with Gasteiger partial charge in [0.2, 0.25) is 0 Å². The highest BCUT2D eigenvalue weighted by molar-refractivity contribution is 5.94. The molecule has 1 unspecified atom stereocenters. The number of hydrogen-bond acceptors (Lipinski definition) is 2. The molecule has 4 heteroatoms. The van der Waals surface area contributed by atoms with Crippen LogP contribution in [0.3, 0.4) is 0 Å². The lowest BCUT2D eigenvalue weighted by Crippen LogP contribution is -2.42. The summed E-state index contributed by atoms with van der Waals surface area (Å²) in [5.74, 6) is -0.0906. The predicted octanol–water partition coefficient (Wildman–Crippen LogP) is 4.34. The van der Waals surface area contributed by atoms with Crippen LogP contribution in [-0.4, -0.2) is 30.4 Å². The fraction of sp³-hybridized carbons (Fsp3) is 0.409. The number of carbonyl (C=O) groups is 1. The molecule has 1 fully saturated rings. The standard InChI is InChI=1S/C22H27FN2O/c1-16-7-9-18(10-8-16)21(25-13-11-17(2)12-14-25)15-24-22(26)19-5-3-4-6-20(19)23/h3-10,17,21H,11-15H2,1-2H3,(H,24,26). The molecule has 1 heterocycles. The van der Waals surface area contributed by atoms with E-state index >= 15 is 0 Å². The van der Waals surface area contributed by atoms with Crippen LogP contribution in [0.5, 0.6) is 0 Å². The third kappa shape index (κ3) is 4.50. The number of hydrogen-bond donors (Lipinski definition) is 1. The van der Waals surface area contributed by atoms with Crippen molar-refractivity contribution in [3.63, 3.8) is 0 Å². The van der Waals surface area contributed by atoms with Crippen LogP contribution in [-0.2, 0) is 0 Å². The van der Waals surface area contributed by atoms with Gasteiger partial charge in [-0.05, 0) is 56.5 Å². The van der Waals surface area contributed by atoms with Crippen LogP contribution in [0.2, 0.25) is 0 Å². The molecule has 0 spiro atoms. The zero-order valence-electron chi connectivity index (χ0n) is 15.5. The molecule has 3 rings (SSSR count). The minimum Gasteiger partial charge on any atom is -0.350 e. The van der Waals surface area contributed by atoms with Crippen LogP contribution < -0.4 is 5.32 Å². The van der Waals surface area contributed by atoms with Crippen molar-refractivity contribution in [1.29, 1.82) is 0 Å². The summed E-state index contributed by atoms with van der Waals surface area (Å²) in [6, 6.07) is 14.7. The van der Waals surface area contributed by atoms with E-state index in [0.29, 0.717) is 6.54 Å². The average molecular weight is 354 g/mol. The molecule has 138 valence electrons. The summed E-state index contributed by atoms with van der Waals surface area (Å²) in [7, 11) is 0. The number of amides is 1. The highest BCUT2D eigenvalue weighted by Gasteiger charge is 2.25. The topological polar surface area (TPSA) is 32.3 Å². The van der Waals surface area contributed by atoms with E-state index in [1.165, 1.54) is 36.1 Å². The maximum absolute atomic E-state index is 13.9.